The molecule has 2 amide bonds. The van der Waals surface area contributed by atoms with Gasteiger partial charge in [-0.15, -0.1) is 0 Å². The average molecular weight is 276 g/mol. The number of amides is 2. The molecular formula is C12H12N4O4. The maximum Gasteiger partial charge on any atom is 0.270 e. The number of hydrogen-bond donors (Lipinski definition) is 2. The lowest BCUT2D eigenvalue weighted by Crippen LogP contribution is -2.44. The van der Waals surface area contributed by atoms with Crippen molar-refractivity contribution in [2.75, 3.05) is 0 Å². The SMILES string of the molecule is N#CCC[C@@H](NC(=O)c1cccc([N+](=O)[O-])c1)C(N)=O. The molecule has 0 spiro atoms. The van der Waals surface area contributed by atoms with E-state index in [1.54, 1.807) is 0 Å². The Morgan fingerprint density at radius 1 is 1.50 bits per heavy atom. The zero-order chi connectivity index (χ0) is 15.1. The third-order valence-electron chi connectivity index (χ3n) is 2.51. The van der Waals surface area contributed by atoms with Crippen LogP contribution in [-0.4, -0.2) is 22.8 Å². The lowest BCUT2D eigenvalue weighted by Gasteiger charge is -2.13. The predicted molar refractivity (Wildman–Crippen MR) is 68.4 cm³/mol. The molecule has 0 saturated carbocycles. The van der Waals surface area contributed by atoms with E-state index in [-0.39, 0.29) is 24.1 Å². The predicted octanol–water partition coefficient (Wildman–Crippen LogP) is 0.482. The fraction of sp³-hybridized carbons (Fsp3) is 0.250. The summed E-state index contributed by atoms with van der Waals surface area (Å²) in [5.74, 6) is -1.42. The second-order valence-corrected chi connectivity index (χ2v) is 3.93. The molecule has 0 unspecified atom stereocenters. The van der Waals surface area contributed by atoms with Gasteiger partial charge in [0.15, 0.2) is 0 Å². The smallest absolute Gasteiger partial charge is 0.270 e. The van der Waals surface area contributed by atoms with Crippen LogP contribution in [0, 0.1) is 21.4 Å². The van der Waals surface area contributed by atoms with E-state index in [1.165, 1.54) is 18.2 Å². The Labute approximate surface area is 114 Å². The van der Waals surface area contributed by atoms with Crippen LogP contribution < -0.4 is 11.1 Å². The first-order valence-electron chi connectivity index (χ1n) is 5.67. The minimum Gasteiger partial charge on any atom is -0.368 e. The van der Waals surface area contributed by atoms with Crippen molar-refractivity contribution in [1.82, 2.24) is 5.32 Å². The zero-order valence-electron chi connectivity index (χ0n) is 10.4. The third kappa shape index (κ3) is 4.06. The van der Waals surface area contributed by atoms with E-state index < -0.39 is 22.8 Å². The molecule has 8 nitrogen and oxygen atoms in total. The van der Waals surface area contributed by atoms with Gasteiger partial charge in [-0.1, -0.05) is 6.07 Å². The summed E-state index contributed by atoms with van der Waals surface area (Å²) >= 11 is 0. The lowest BCUT2D eigenvalue weighted by molar-refractivity contribution is -0.384. The van der Waals surface area contributed by atoms with E-state index in [2.05, 4.69) is 5.32 Å². The van der Waals surface area contributed by atoms with Gasteiger partial charge in [-0.25, -0.2) is 0 Å². The largest absolute Gasteiger partial charge is 0.368 e. The van der Waals surface area contributed by atoms with Crippen LogP contribution in [0.5, 0.6) is 0 Å². The summed E-state index contributed by atoms with van der Waals surface area (Å²) < 4.78 is 0. The Morgan fingerprint density at radius 3 is 2.75 bits per heavy atom. The number of carbonyl (C=O) groups excluding carboxylic acids is 2. The van der Waals surface area contributed by atoms with E-state index in [0.717, 1.165) is 6.07 Å². The van der Waals surface area contributed by atoms with Crippen molar-refractivity contribution < 1.29 is 14.5 Å². The summed E-state index contributed by atoms with van der Waals surface area (Å²) in [7, 11) is 0. The highest BCUT2D eigenvalue weighted by molar-refractivity contribution is 5.97. The Hall–Kier alpha value is -2.95. The average Bonchev–Trinajstić information content (AvgIpc) is 2.42. The number of nitriles is 1. The number of nitro benzene ring substituents is 1. The van der Waals surface area contributed by atoms with Gasteiger partial charge in [-0.05, 0) is 12.5 Å². The molecule has 1 rings (SSSR count). The highest BCUT2D eigenvalue weighted by atomic mass is 16.6. The van der Waals surface area contributed by atoms with E-state index >= 15 is 0 Å². The Kier molecular flexibility index (Phi) is 5.17. The molecule has 0 aliphatic carbocycles. The van der Waals surface area contributed by atoms with Crippen LogP contribution in [0.1, 0.15) is 23.2 Å². The van der Waals surface area contributed by atoms with Gasteiger partial charge in [-0.3, -0.25) is 19.7 Å². The lowest BCUT2D eigenvalue weighted by atomic mass is 10.1. The molecule has 0 aromatic heterocycles. The number of primary amides is 1. The van der Waals surface area contributed by atoms with E-state index in [0.29, 0.717) is 0 Å². The molecule has 0 aliphatic heterocycles. The van der Waals surface area contributed by atoms with Crippen molar-refractivity contribution in [3.8, 4) is 6.07 Å². The van der Waals surface area contributed by atoms with Gasteiger partial charge in [-0.2, -0.15) is 5.26 Å². The number of non-ortho nitro benzene ring substituents is 1. The summed E-state index contributed by atoms with van der Waals surface area (Å²) in [6.45, 7) is 0. The molecule has 0 saturated heterocycles. The number of carbonyl (C=O) groups is 2. The number of nitrogens with two attached hydrogens (primary N) is 1. The van der Waals surface area contributed by atoms with Gasteiger partial charge in [0.2, 0.25) is 5.91 Å². The molecule has 1 aromatic carbocycles. The normalized spacial score (nSPS) is 11.2. The summed E-state index contributed by atoms with van der Waals surface area (Å²) in [5, 5.41) is 21.4. The summed E-state index contributed by atoms with van der Waals surface area (Å²) in [4.78, 5) is 33.0. The number of rotatable bonds is 6. The van der Waals surface area contributed by atoms with Crippen LogP contribution in [0.3, 0.4) is 0 Å². The molecule has 0 fully saturated rings. The van der Waals surface area contributed by atoms with Gasteiger partial charge < -0.3 is 11.1 Å². The van der Waals surface area contributed by atoms with Crippen molar-refractivity contribution in [3.05, 3.63) is 39.9 Å². The van der Waals surface area contributed by atoms with Crippen LogP contribution in [0.2, 0.25) is 0 Å². The standard InChI is InChI=1S/C12H12N4O4/c13-6-2-5-10(11(14)17)15-12(18)8-3-1-4-9(7-8)16(19)20/h1,3-4,7,10H,2,5H2,(H2,14,17)(H,15,18)/t10-/m1/s1. The second-order valence-electron chi connectivity index (χ2n) is 3.93. The van der Waals surface area contributed by atoms with Crippen molar-refractivity contribution >= 4 is 17.5 Å². The number of nitrogens with zero attached hydrogens (tertiary/aromatic N) is 2. The molecule has 20 heavy (non-hydrogen) atoms. The second kappa shape index (κ2) is 6.84. The van der Waals surface area contributed by atoms with Crippen LogP contribution in [0.25, 0.3) is 0 Å². The van der Waals surface area contributed by atoms with Gasteiger partial charge in [0.1, 0.15) is 6.04 Å². The molecule has 3 N–H and O–H groups in total. The number of nitro groups is 1. The minimum absolute atomic E-state index is 0.0439. The van der Waals surface area contributed by atoms with Gasteiger partial charge in [0.25, 0.3) is 11.6 Å². The number of nitrogens with one attached hydrogen (secondary N) is 1. The highest BCUT2D eigenvalue weighted by Gasteiger charge is 2.19. The van der Waals surface area contributed by atoms with E-state index in [1.807, 2.05) is 6.07 Å². The highest BCUT2D eigenvalue weighted by Crippen LogP contribution is 2.13. The first kappa shape index (κ1) is 15.1. The number of benzene rings is 1. The third-order valence-corrected chi connectivity index (χ3v) is 2.51. The van der Waals surface area contributed by atoms with Crippen LogP contribution >= 0.6 is 0 Å². The molecule has 104 valence electrons. The maximum absolute atomic E-state index is 11.9. The topological polar surface area (TPSA) is 139 Å². The van der Waals surface area contributed by atoms with E-state index in [4.69, 9.17) is 11.0 Å². The Bertz CT molecular complexity index is 579. The first-order chi connectivity index (χ1) is 9.45. The van der Waals surface area contributed by atoms with Gasteiger partial charge in [0.05, 0.1) is 11.0 Å². The fourth-order valence-electron chi connectivity index (χ4n) is 1.50. The maximum atomic E-state index is 11.9. The monoisotopic (exact) mass is 276 g/mol. The number of hydrogen-bond acceptors (Lipinski definition) is 5. The van der Waals surface area contributed by atoms with Gasteiger partial charge >= 0.3 is 0 Å². The summed E-state index contributed by atoms with van der Waals surface area (Å²) in [6.07, 6.45) is 0.148. The molecule has 0 bridgehead atoms. The molecule has 0 radical (unpaired) electrons. The molecule has 0 heterocycles. The Balaban J connectivity index is 2.84. The zero-order valence-corrected chi connectivity index (χ0v) is 10.4. The summed E-state index contributed by atoms with van der Waals surface area (Å²) in [5.41, 5.74) is 4.92. The molecule has 8 heteroatoms. The minimum atomic E-state index is -0.985. The Morgan fingerprint density at radius 2 is 2.20 bits per heavy atom. The van der Waals surface area contributed by atoms with Crippen LogP contribution in [0.15, 0.2) is 24.3 Å². The van der Waals surface area contributed by atoms with Crippen molar-refractivity contribution in [3.63, 3.8) is 0 Å². The fourth-order valence-corrected chi connectivity index (χ4v) is 1.50. The van der Waals surface area contributed by atoms with Crippen molar-refractivity contribution in [1.29, 1.82) is 5.26 Å². The molecule has 1 aromatic rings. The summed E-state index contributed by atoms with van der Waals surface area (Å²) in [6, 6.07) is 5.94. The van der Waals surface area contributed by atoms with E-state index in [9.17, 15) is 19.7 Å². The quantitative estimate of drug-likeness (QED) is 0.574. The first-order valence-corrected chi connectivity index (χ1v) is 5.67. The molecule has 1 atom stereocenters. The van der Waals surface area contributed by atoms with Crippen LogP contribution in [-0.2, 0) is 4.79 Å². The van der Waals surface area contributed by atoms with Crippen molar-refractivity contribution in [2.45, 2.75) is 18.9 Å². The molecular weight excluding hydrogens is 264 g/mol. The van der Waals surface area contributed by atoms with Crippen molar-refractivity contribution in [2.24, 2.45) is 5.73 Å². The molecule has 0 aliphatic rings. The van der Waals surface area contributed by atoms with Gasteiger partial charge in [0, 0.05) is 24.1 Å². The van der Waals surface area contributed by atoms with Crippen LogP contribution in [0.4, 0.5) is 5.69 Å².